The summed E-state index contributed by atoms with van der Waals surface area (Å²) >= 11 is 6.07. The van der Waals surface area contributed by atoms with Crippen LogP contribution in [0.15, 0.2) is 39.9 Å². The summed E-state index contributed by atoms with van der Waals surface area (Å²) in [5, 5.41) is 3.48. The Morgan fingerprint density at radius 2 is 1.93 bits per heavy atom. The van der Waals surface area contributed by atoms with E-state index < -0.39 is 44.8 Å². The maximum atomic E-state index is 14.4. The van der Waals surface area contributed by atoms with E-state index in [1.807, 2.05) is 4.72 Å². The summed E-state index contributed by atoms with van der Waals surface area (Å²) in [4.78, 5) is 11.9. The van der Waals surface area contributed by atoms with Gasteiger partial charge in [-0.05, 0) is 18.2 Å². The normalized spacial score (nSPS) is 15.0. The van der Waals surface area contributed by atoms with E-state index in [-0.39, 0.29) is 33.2 Å². The quantitative estimate of drug-likeness (QED) is 0.555. The van der Waals surface area contributed by atoms with Gasteiger partial charge < -0.3 is 14.0 Å². The van der Waals surface area contributed by atoms with Crippen molar-refractivity contribution in [3.05, 3.63) is 58.4 Å². The fourth-order valence-corrected chi connectivity index (χ4v) is 4.55. The summed E-state index contributed by atoms with van der Waals surface area (Å²) in [7, 11) is -3.34. The second-order valence-electron chi connectivity index (χ2n) is 6.16. The number of nitrogens with one attached hydrogen (secondary N) is 1. The third kappa shape index (κ3) is 3.35. The maximum Gasteiger partial charge on any atom is 0.338 e. The lowest BCUT2D eigenvalue weighted by Crippen LogP contribution is -2.16. The zero-order chi connectivity index (χ0) is 21.6. The van der Waals surface area contributed by atoms with Crippen molar-refractivity contribution in [3.63, 3.8) is 0 Å². The number of carbonyl (C=O) groups is 1. The van der Waals surface area contributed by atoms with E-state index in [9.17, 15) is 22.0 Å². The minimum atomic E-state index is -4.52. The van der Waals surface area contributed by atoms with Crippen molar-refractivity contribution in [1.29, 1.82) is 0 Å². The lowest BCUT2D eigenvalue weighted by Gasteiger charge is -2.15. The van der Waals surface area contributed by atoms with Crippen molar-refractivity contribution in [1.82, 2.24) is 5.16 Å². The van der Waals surface area contributed by atoms with Crippen molar-refractivity contribution in [3.8, 4) is 16.9 Å². The van der Waals surface area contributed by atoms with Crippen LogP contribution < -0.4 is 9.46 Å². The van der Waals surface area contributed by atoms with Crippen LogP contribution in [0.3, 0.4) is 0 Å². The smallest absolute Gasteiger partial charge is 0.338 e. The number of cyclic esters (lactones) is 1. The number of sulfonamides is 1. The maximum absolute atomic E-state index is 14.4. The fraction of sp³-hybridized carbons (Fsp3) is 0.111. The summed E-state index contributed by atoms with van der Waals surface area (Å²) in [6, 6.07) is 3.58. The van der Waals surface area contributed by atoms with Crippen LogP contribution in [0.1, 0.15) is 16.1 Å². The number of carbonyl (C=O) groups excluding carboxylic acids is 1. The zero-order valence-electron chi connectivity index (χ0n) is 15.0. The molecule has 1 aliphatic heterocycles. The molecule has 0 amide bonds. The molecule has 0 radical (unpaired) electrons. The Balaban J connectivity index is 2.00. The Kier molecular flexibility index (Phi) is 4.86. The third-order valence-electron chi connectivity index (χ3n) is 4.31. The Hall–Kier alpha value is -3.18. The molecule has 1 aromatic heterocycles. The SMILES string of the molecule is COc1c(Cl)cc2cc1S(=O)(=O)Nc1cc(c(F)cc1F)-c1conc1COC2=O. The summed E-state index contributed by atoms with van der Waals surface area (Å²) in [6.07, 6.45) is 1.07. The standard InChI is InChI=1S/C18H11ClF2N2O6S/c1-27-17-11(19)2-8-3-16(17)30(25,26)23-14-4-9(12(20)5-13(14)21)10-6-29-22-15(10)7-28-18(8)24/h2-6,23H,7H2,1H3. The third-order valence-corrected chi connectivity index (χ3v) is 5.97. The van der Waals surface area contributed by atoms with Gasteiger partial charge >= 0.3 is 5.97 Å². The number of halogens is 3. The van der Waals surface area contributed by atoms with E-state index in [0.717, 1.165) is 24.5 Å². The number of anilines is 1. The monoisotopic (exact) mass is 456 g/mol. The van der Waals surface area contributed by atoms with Crippen LogP contribution in [0.25, 0.3) is 11.1 Å². The van der Waals surface area contributed by atoms with Crippen LogP contribution in [-0.2, 0) is 21.4 Å². The average Bonchev–Trinajstić information content (AvgIpc) is 3.15. The largest absolute Gasteiger partial charge is 0.494 e. The van der Waals surface area contributed by atoms with Gasteiger partial charge in [0, 0.05) is 11.6 Å². The lowest BCUT2D eigenvalue weighted by molar-refractivity contribution is 0.0464. The van der Waals surface area contributed by atoms with Crippen molar-refractivity contribution in [2.24, 2.45) is 0 Å². The lowest BCUT2D eigenvalue weighted by atomic mass is 10.1. The first kappa shape index (κ1) is 20.1. The predicted octanol–water partition coefficient (Wildman–Crippen LogP) is 3.75. The van der Waals surface area contributed by atoms with E-state index >= 15 is 0 Å². The minimum absolute atomic E-state index is 0.0433. The molecule has 2 heterocycles. The van der Waals surface area contributed by atoms with Crippen LogP contribution in [0, 0.1) is 11.6 Å². The molecular weight excluding hydrogens is 446 g/mol. The molecule has 0 aliphatic carbocycles. The van der Waals surface area contributed by atoms with E-state index in [0.29, 0.717) is 6.07 Å². The molecule has 0 fully saturated rings. The number of fused-ring (bicyclic) bond motifs is 6. The number of methoxy groups -OCH3 is 1. The molecular formula is C18H11ClF2N2O6S. The van der Waals surface area contributed by atoms with Crippen LogP contribution in [0.2, 0.25) is 5.02 Å². The number of hydrogen-bond donors (Lipinski definition) is 1. The van der Waals surface area contributed by atoms with Gasteiger partial charge in [-0.25, -0.2) is 22.0 Å². The topological polar surface area (TPSA) is 108 Å². The summed E-state index contributed by atoms with van der Waals surface area (Å²) < 4.78 is 71.7. The van der Waals surface area contributed by atoms with Gasteiger partial charge in [0.2, 0.25) is 0 Å². The molecule has 3 aromatic rings. The van der Waals surface area contributed by atoms with Gasteiger partial charge in [-0.2, -0.15) is 0 Å². The van der Waals surface area contributed by atoms with Gasteiger partial charge in [0.05, 0.1) is 28.9 Å². The van der Waals surface area contributed by atoms with E-state index in [4.69, 9.17) is 25.6 Å². The fourth-order valence-electron chi connectivity index (χ4n) is 2.92. The minimum Gasteiger partial charge on any atom is -0.494 e. The molecule has 30 heavy (non-hydrogen) atoms. The molecule has 0 saturated carbocycles. The first-order valence-corrected chi connectivity index (χ1v) is 10.1. The van der Waals surface area contributed by atoms with Gasteiger partial charge in [0.15, 0.2) is 5.75 Å². The van der Waals surface area contributed by atoms with Gasteiger partial charge in [0.25, 0.3) is 10.0 Å². The first-order valence-electron chi connectivity index (χ1n) is 8.21. The highest BCUT2D eigenvalue weighted by molar-refractivity contribution is 7.92. The second kappa shape index (κ2) is 7.26. The molecule has 0 saturated heterocycles. The molecule has 8 nitrogen and oxygen atoms in total. The van der Waals surface area contributed by atoms with E-state index in [1.165, 1.54) is 7.11 Å². The van der Waals surface area contributed by atoms with Gasteiger partial charge in [-0.3, -0.25) is 4.72 Å². The molecule has 4 bridgehead atoms. The number of benzene rings is 2. The summed E-state index contributed by atoms with van der Waals surface area (Å²) in [5.41, 5.74) is -0.862. The number of rotatable bonds is 1. The number of ether oxygens (including phenoxy) is 2. The molecule has 1 aliphatic rings. The highest BCUT2D eigenvalue weighted by Gasteiger charge is 2.28. The Morgan fingerprint density at radius 1 is 1.17 bits per heavy atom. The molecule has 1 N–H and O–H groups in total. The van der Waals surface area contributed by atoms with Gasteiger partial charge in [-0.1, -0.05) is 16.8 Å². The van der Waals surface area contributed by atoms with Crippen LogP contribution >= 0.6 is 11.6 Å². The number of esters is 1. The van der Waals surface area contributed by atoms with Gasteiger partial charge in [0.1, 0.15) is 35.1 Å². The summed E-state index contributed by atoms with van der Waals surface area (Å²) in [6.45, 7) is -0.421. The Bertz CT molecular complexity index is 1290. The summed E-state index contributed by atoms with van der Waals surface area (Å²) in [5.74, 6) is -3.36. The number of aromatic nitrogens is 1. The highest BCUT2D eigenvalue weighted by atomic mass is 35.5. The van der Waals surface area contributed by atoms with Crippen molar-refractivity contribution in [2.75, 3.05) is 11.8 Å². The molecule has 2 aromatic carbocycles. The van der Waals surface area contributed by atoms with Crippen LogP contribution in [-0.4, -0.2) is 26.7 Å². The Labute approximate surface area is 173 Å². The average molecular weight is 457 g/mol. The molecule has 0 atom stereocenters. The van der Waals surface area contributed by atoms with Crippen LogP contribution in [0.5, 0.6) is 5.75 Å². The molecule has 0 spiro atoms. The van der Waals surface area contributed by atoms with Crippen molar-refractivity contribution in [2.45, 2.75) is 11.5 Å². The number of hydrogen-bond acceptors (Lipinski definition) is 7. The predicted molar refractivity (Wildman–Crippen MR) is 99.8 cm³/mol. The molecule has 12 heteroatoms. The molecule has 156 valence electrons. The first-order chi connectivity index (χ1) is 14.2. The molecule has 4 rings (SSSR count). The Morgan fingerprint density at radius 3 is 2.67 bits per heavy atom. The second-order valence-corrected chi connectivity index (χ2v) is 8.22. The zero-order valence-corrected chi connectivity index (χ0v) is 16.6. The van der Waals surface area contributed by atoms with Crippen LogP contribution in [0.4, 0.5) is 14.5 Å². The van der Waals surface area contributed by atoms with Gasteiger partial charge in [-0.15, -0.1) is 0 Å². The highest BCUT2D eigenvalue weighted by Crippen LogP contribution is 2.37. The molecule has 0 unspecified atom stereocenters. The number of nitrogens with zero attached hydrogens (tertiary/aromatic N) is 1. The van der Waals surface area contributed by atoms with Crippen molar-refractivity contribution < 1.29 is 36.0 Å². The van der Waals surface area contributed by atoms with Crippen molar-refractivity contribution >= 4 is 33.3 Å². The van der Waals surface area contributed by atoms with E-state index in [1.54, 1.807) is 0 Å². The van der Waals surface area contributed by atoms with E-state index in [2.05, 4.69) is 5.16 Å².